The number of hydrogen-bond acceptors (Lipinski definition) is 3. The maximum Gasteiger partial charge on any atom is 0.284 e. The van der Waals surface area contributed by atoms with Crippen LogP contribution < -0.4 is 0 Å². The number of rotatable bonds is 4. The molecule has 0 aliphatic heterocycles. The molecular formula is C11H10F2N2OS. The van der Waals surface area contributed by atoms with Crippen LogP contribution in [0.3, 0.4) is 0 Å². The van der Waals surface area contributed by atoms with Gasteiger partial charge in [-0.05, 0) is 42.8 Å². The number of aromatic amines is 1. The van der Waals surface area contributed by atoms with Gasteiger partial charge in [-0.2, -0.15) is 0 Å². The van der Waals surface area contributed by atoms with Crippen molar-refractivity contribution in [1.82, 2.24) is 10.2 Å². The average molecular weight is 256 g/mol. The molecule has 2 aromatic rings. The first-order valence-electron chi connectivity index (χ1n) is 5.13. The molecule has 0 aliphatic carbocycles. The second-order valence-electron chi connectivity index (χ2n) is 3.61. The maximum absolute atomic E-state index is 12.9. The third kappa shape index (κ3) is 3.20. The molecule has 1 aromatic heterocycles. The first-order valence-corrected chi connectivity index (χ1v) is 5.54. The van der Waals surface area contributed by atoms with Gasteiger partial charge in [-0.15, -0.1) is 5.10 Å². The van der Waals surface area contributed by atoms with Crippen LogP contribution in [-0.4, -0.2) is 10.2 Å². The predicted octanol–water partition coefficient (Wildman–Crippen LogP) is 3.19. The van der Waals surface area contributed by atoms with Crippen molar-refractivity contribution in [3.63, 3.8) is 0 Å². The van der Waals surface area contributed by atoms with Crippen LogP contribution >= 0.6 is 12.2 Å². The third-order valence-electron chi connectivity index (χ3n) is 2.32. The number of nitrogens with one attached hydrogen (secondary N) is 1. The van der Waals surface area contributed by atoms with Gasteiger partial charge in [-0.1, -0.05) is 6.07 Å². The van der Waals surface area contributed by atoms with Crippen molar-refractivity contribution < 1.29 is 13.2 Å². The van der Waals surface area contributed by atoms with Crippen molar-refractivity contribution in [2.24, 2.45) is 0 Å². The monoisotopic (exact) mass is 256 g/mol. The lowest BCUT2D eigenvalue weighted by molar-refractivity contribution is 0.473. The normalized spacial score (nSPS) is 10.7. The third-order valence-corrected chi connectivity index (χ3v) is 2.50. The van der Waals surface area contributed by atoms with E-state index in [-0.39, 0.29) is 4.84 Å². The van der Waals surface area contributed by atoms with E-state index in [0.717, 1.165) is 18.1 Å². The number of H-pyrrole nitrogens is 1. The van der Waals surface area contributed by atoms with Crippen LogP contribution in [0.4, 0.5) is 8.78 Å². The Morgan fingerprint density at radius 1 is 1.24 bits per heavy atom. The Kier molecular flexibility index (Phi) is 3.63. The quantitative estimate of drug-likeness (QED) is 0.854. The van der Waals surface area contributed by atoms with Gasteiger partial charge in [0.25, 0.3) is 4.84 Å². The zero-order valence-corrected chi connectivity index (χ0v) is 9.69. The number of nitrogens with zero attached hydrogens (tertiary/aromatic N) is 1. The van der Waals surface area contributed by atoms with Crippen LogP contribution in [0.1, 0.15) is 17.9 Å². The van der Waals surface area contributed by atoms with Gasteiger partial charge in [0.2, 0.25) is 5.89 Å². The molecule has 3 nitrogen and oxygen atoms in total. The van der Waals surface area contributed by atoms with Gasteiger partial charge in [0.1, 0.15) is 0 Å². The maximum atomic E-state index is 12.9. The number of hydrogen-bond donors (Lipinski definition) is 1. The van der Waals surface area contributed by atoms with Crippen LogP contribution in [0.5, 0.6) is 0 Å². The highest BCUT2D eigenvalue weighted by Crippen LogP contribution is 2.11. The first kappa shape index (κ1) is 11.9. The van der Waals surface area contributed by atoms with E-state index in [1.165, 1.54) is 6.07 Å². The molecule has 17 heavy (non-hydrogen) atoms. The van der Waals surface area contributed by atoms with Crippen molar-refractivity contribution in [3.05, 3.63) is 46.1 Å². The van der Waals surface area contributed by atoms with Gasteiger partial charge >= 0.3 is 0 Å². The molecule has 2 rings (SSSR count). The Balaban J connectivity index is 1.89. The predicted molar refractivity (Wildman–Crippen MR) is 60.1 cm³/mol. The summed E-state index contributed by atoms with van der Waals surface area (Å²) < 4.78 is 30.7. The average Bonchev–Trinajstić information content (AvgIpc) is 2.70. The van der Waals surface area contributed by atoms with Gasteiger partial charge in [0.15, 0.2) is 11.6 Å². The number of aromatic nitrogens is 2. The van der Waals surface area contributed by atoms with Crippen LogP contribution in [0, 0.1) is 16.5 Å². The van der Waals surface area contributed by atoms with Gasteiger partial charge in [0.05, 0.1) is 0 Å². The van der Waals surface area contributed by atoms with E-state index in [1.54, 1.807) is 6.07 Å². The van der Waals surface area contributed by atoms with Gasteiger partial charge in [-0.3, -0.25) is 0 Å². The SMILES string of the molecule is Fc1ccc(CCCc2n[nH]c(=S)o2)cc1F. The summed E-state index contributed by atoms with van der Waals surface area (Å²) in [5, 5.41) is 6.37. The fraction of sp³-hybridized carbons (Fsp3) is 0.273. The molecule has 90 valence electrons. The smallest absolute Gasteiger partial charge is 0.284 e. The molecule has 1 aromatic carbocycles. The minimum atomic E-state index is -0.827. The second-order valence-corrected chi connectivity index (χ2v) is 3.98. The summed E-state index contributed by atoms with van der Waals surface area (Å²) in [4.78, 5) is 0.243. The molecule has 0 spiro atoms. The molecule has 0 atom stereocenters. The van der Waals surface area contributed by atoms with E-state index in [2.05, 4.69) is 10.2 Å². The molecule has 0 saturated carbocycles. The summed E-state index contributed by atoms with van der Waals surface area (Å²) in [5.41, 5.74) is 0.748. The summed E-state index contributed by atoms with van der Waals surface area (Å²) in [6.45, 7) is 0. The van der Waals surface area contributed by atoms with E-state index in [9.17, 15) is 8.78 Å². The minimum absolute atomic E-state index is 0.243. The Bertz CT molecular complexity index is 565. The van der Waals surface area contributed by atoms with Gasteiger partial charge in [0, 0.05) is 6.42 Å². The lowest BCUT2D eigenvalue weighted by Gasteiger charge is -2.00. The van der Waals surface area contributed by atoms with Crippen molar-refractivity contribution >= 4 is 12.2 Å². The van der Waals surface area contributed by atoms with E-state index in [4.69, 9.17) is 16.6 Å². The largest absolute Gasteiger partial charge is 0.414 e. The molecule has 1 N–H and O–H groups in total. The Labute approximate surface area is 101 Å². The van der Waals surface area contributed by atoms with Crippen LogP contribution in [0.15, 0.2) is 22.6 Å². The molecule has 0 saturated heterocycles. The Hall–Kier alpha value is -1.56. The topological polar surface area (TPSA) is 41.8 Å². The highest BCUT2D eigenvalue weighted by atomic mass is 32.1. The van der Waals surface area contributed by atoms with E-state index in [1.807, 2.05) is 0 Å². The summed E-state index contributed by atoms with van der Waals surface area (Å²) in [6, 6.07) is 3.90. The second kappa shape index (κ2) is 5.18. The van der Waals surface area contributed by atoms with Crippen molar-refractivity contribution in [3.8, 4) is 0 Å². The van der Waals surface area contributed by atoms with E-state index in [0.29, 0.717) is 18.7 Å². The molecule has 0 aliphatic rings. The molecule has 6 heteroatoms. The zero-order valence-electron chi connectivity index (χ0n) is 8.87. The van der Waals surface area contributed by atoms with Crippen molar-refractivity contribution in [1.29, 1.82) is 0 Å². The van der Waals surface area contributed by atoms with Crippen LogP contribution in [0.2, 0.25) is 0 Å². The fourth-order valence-corrected chi connectivity index (χ4v) is 1.65. The molecule has 0 amide bonds. The molecule has 0 bridgehead atoms. The van der Waals surface area contributed by atoms with Crippen LogP contribution in [-0.2, 0) is 12.8 Å². The van der Waals surface area contributed by atoms with Crippen molar-refractivity contribution in [2.45, 2.75) is 19.3 Å². The summed E-state index contributed by atoms with van der Waals surface area (Å²) >= 11 is 4.73. The zero-order chi connectivity index (χ0) is 12.3. The van der Waals surface area contributed by atoms with Gasteiger partial charge < -0.3 is 4.42 Å². The highest BCUT2D eigenvalue weighted by molar-refractivity contribution is 7.71. The van der Waals surface area contributed by atoms with Gasteiger partial charge in [-0.25, -0.2) is 13.9 Å². The molecular weight excluding hydrogens is 246 g/mol. The first-order chi connectivity index (χ1) is 8.15. The molecule has 0 radical (unpaired) electrons. The minimum Gasteiger partial charge on any atom is -0.414 e. The number of benzene rings is 1. The van der Waals surface area contributed by atoms with Crippen molar-refractivity contribution in [2.75, 3.05) is 0 Å². The molecule has 0 unspecified atom stereocenters. The summed E-state index contributed by atoms with van der Waals surface area (Å²) in [6.07, 6.45) is 1.96. The molecule has 1 heterocycles. The summed E-state index contributed by atoms with van der Waals surface area (Å²) in [7, 11) is 0. The van der Waals surface area contributed by atoms with E-state index < -0.39 is 11.6 Å². The lowest BCUT2D eigenvalue weighted by Crippen LogP contribution is -1.93. The fourth-order valence-electron chi connectivity index (χ4n) is 1.51. The number of aryl methyl sites for hydroxylation is 2. The number of halogens is 2. The Morgan fingerprint density at radius 3 is 2.71 bits per heavy atom. The van der Waals surface area contributed by atoms with Crippen LogP contribution in [0.25, 0.3) is 0 Å². The highest BCUT2D eigenvalue weighted by Gasteiger charge is 2.04. The summed E-state index contributed by atoms with van der Waals surface area (Å²) in [5.74, 6) is -1.12. The Morgan fingerprint density at radius 2 is 2.06 bits per heavy atom. The molecule has 0 fully saturated rings. The lowest BCUT2D eigenvalue weighted by atomic mass is 10.1. The van der Waals surface area contributed by atoms with E-state index >= 15 is 0 Å². The standard InChI is InChI=1S/C11H10F2N2OS/c12-8-5-4-7(6-9(8)13)2-1-3-10-14-15-11(17)16-10/h4-6H,1-3H2,(H,15,17).